The lowest BCUT2D eigenvalue weighted by Crippen LogP contribution is -2.21. The molecule has 0 radical (unpaired) electrons. The fraction of sp³-hybridized carbons (Fsp3) is 0.458. The molecular formula is C24H31N5OS. The van der Waals surface area contributed by atoms with E-state index in [0.29, 0.717) is 11.8 Å². The van der Waals surface area contributed by atoms with Gasteiger partial charge in [-0.1, -0.05) is 11.8 Å². The average Bonchev–Trinajstić information content (AvgIpc) is 3.46. The molecule has 1 aliphatic carbocycles. The second-order valence-electron chi connectivity index (χ2n) is 8.18. The highest BCUT2D eigenvalue weighted by Crippen LogP contribution is 2.38. The number of Topliss-reactive ketones (excluding diaryl/α,β-unsaturated/α-hetero) is 1. The van der Waals surface area contributed by atoms with Crippen LogP contribution >= 0.6 is 11.8 Å². The minimum Gasteiger partial charge on any atom is -0.372 e. The summed E-state index contributed by atoms with van der Waals surface area (Å²) in [7, 11) is 1.96. The largest absolute Gasteiger partial charge is 0.372 e. The number of nitrogens with zero attached hydrogens (tertiary/aromatic N) is 5. The quantitative estimate of drug-likeness (QED) is 0.346. The van der Waals surface area contributed by atoms with Crippen LogP contribution < -0.4 is 4.90 Å². The maximum absolute atomic E-state index is 12.9. The highest BCUT2D eigenvalue weighted by Gasteiger charge is 2.28. The Morgan fingerprint density at radius 2 is 1.81 bits per heavy atom. The molecule has 7 heteroatoms. The first-order valence-electron chi connectivity index (χ1n) is 11.0. The molecule has 0 bridgehead atoms. The maximum Gasteiger partial charge on any atom is 0.191 e. The Bertz CT molecular complexity index is 1070. The van der Waals surface area contributed by atoms with Crippen molar-refractivity contribution in [3.05, 3.63) is 47.3 Å². The molecule has 3 aromatic rings. The van der Waals surface area contributed by atoms with E-state index in [-0.39, 0.29) is 5.78 Å². The topological polar surface area (TPSA) is 56.0 Å². The summed E-state index contributed by atoms with van der Waals surface area (Å²) in [6.45, 7) is 10.4. The second-order valence-corrected chi connectivity index (χ2v) is 9.12. The van der Waals surface area contributed by atoms with E-state index in [1.54, 1.807) is 0 Å². The Morgan fingerprint density at radius 1 is 1.13 bits per heavy atom. The summed E-state index contributed by atoms with van der Waals surface area (Å²) in [5.74, 6) is 1.33. The van der Waals surface area contributed by atoms with Crippen LogP contribution in [0.4, 0.5) is 5.69 Å². The smallest absolute Gasteiger partial charge is 0.191 e. The highest BCUT2D eigenvalue weighted by atomic mass is 32.2. The van der Waals surface area contributed by atoms with Gasteiger partial charge in [-0.05, 0) is 70.9 Å². The van der Waals surface area contributed by atoms with E-state index in [9.17, 15) is 4.79 Å². The predicted octanol–water partition coefficient (Wildman–Crippen LogP) is 5.06. The SMILES string of the molecule is CCN(CC)c1ccc(-c2nnc(SCC(=O)c3cc(C)n(C4CC4)c3C)n2C)cc1. The number of carbonyl (C=O) groups is 1. The Labute approximate surface area is 188 Å². The summed E-state index contributed by atoms with van der Waals surface area (Å²) >= 11 is 1.45. The average molecular weight is 438 g/mol. The van der Waals surface area contributed by atoms with E-state index in [1.165, 1.54) is 36.0 Å². The molecule has 0 atom stereocenters. The summed E-state index contributed by atoms with van der Waals surface area (Å²) in [5, 5.41) is 9.48. The molecule has 0 unspecified atom stereocenters. The molecule has 4 rings (SSSR count). The fourth-order valence-corrected chi connectivity index (χ4v) is 5.06. The first-order chi connectivity index (χ1) is 14.9. The molecule has 0 N–H and O–H groups in total. The van der Waals surface area contributed by atoms with E-state index >= 15 is 0 Å². The van der Waals surface area contributed by atoms with Crippen LogP contribution in [0.25, 0.3) is 11.4 Å². The van der Waals surface area contributed by atoms with Gasteiger partial charge in [-0.15, -0.1) is 10.2 Å². The molecular weight excluding hydrogens is 406 g/mol. The number of thioether (sulfide) groups is 1. The zero-order chi connectivity index (χ0) is 22.1. The third-order valence-corrected chi connectivity index (χ3v) is 7.14. The van der Waals surface area contributed by atoms with Crippen molar-refractivity contribution in [1.82, 2.24) is 19.3 Å². The number of carbonyl (C=O) groups excluding carboxylic acids is 1. The number of aromatic nitrogens is 4. The summed E-state index contributed by atoms with van der Waals surface area (Å²) in [5.41, 5.74) is 5.35. The fourth-order valence-electron chi connectivity index (χ4n) is 4.26. The molecule has 1 fully saturated rings. The Hall–Kier alpha value is -2.54. The number of hydrogen-bond donors (Lipinski definition) is 0. The number of rotatable bonds is 9. The van der Waals surface area contributed by atoms with Crippen molar-refractivity contribution in [1.29, 1.82) is 0 Å². The monoisotopic (exact) mass is 437 g/mol. The lowest BCUT2D eigenvalue weighted by Gasteiger charge is -2.21. The van der Waals surface area contributed by atoms with Crippen LogP contribution in [-0.4, -0.2) is 44.0 Å². The molecule has 0 aliphatic heterocycles. The van der Waals surface area contributed by atoms with Crippen molar-refractivity contribution in [2.24, 2.45) is 7.05 Å². The van der Waals surface area contributed by atoms with Crippen LogP contribution in [0.2, 0.25) is 0 Å². The third kappa shape index (κ3) is 4.28. The Balaban J connectivity index is 1.45. The van der Waals surface area contributed by atoms with Gasteiger partial charge in [-0.3, -0.25) is 4.79 Å². The van der Waals surface area contributed by atoms with Crippen molar-refractivity contribution in [3.8, 4) is 11.4 Å². The van der Waals surface area contributed by atoms with Gasteiger partial charge in [-0.2, -0.15) is 0 Å². The van der Waals surface area contributed by atoms with Crippen LogP contribution in [0.3, 0.4) is 0 Å². The molecule has 164 valence electrons. The van der Waals surface area contributed by atoms with Crippen molar-refractivity contribution >= 4 is 23.2 Å². The molecule has 0 amide bonds. The Kier molecular flexibility index (Phi) is 6.23. The van der Waals surface area contributed by atoms with Crippen LogP contribution in [-0.2, 0) is 7.05 Å². The maximum atomic E-state index is 12.9. The first kappa shape index (κ1) is 21.7. The summed E-state index contributed by atoms with van der Waals surface area (Å²) in [6, 6.07) is 11.1. The zero-order valence-corrected chi connectivity index (χ0v) is 19.9. The van der Waals surface area contributed by atoms with Crippen LogP contribution in [0.1, 0.15) is 54.5 Å². The van der Waals surface area contributed by atoms with Gasteiger partial charge >= 0.3 is 0 Å². The minimum atomic E-state index is 0.151. The van der Waals surface area contributed by atoms with Gasteiger partial charge in [-0.25, -0.2) is 0 Å². The molecule has 1 aromatic carbocycles. The van der Waals surface area contributed by atoms with E-state index < -0.39 is 0 Å². The molecule has 2 aromatic heterocycles. The molecule has 0 saturated heterocycles. The number of anilines is 1. The zero-order valence-electron chi connectivity index (χ0n) is 19.1. The summed E-state index contributed by atoms with van der Waals surface area (Å²) in [4.78, 5) is 15.2. The molecule has 6 nitrogen and oxygen atoms in total. The van der Waals surface area contributed by atoms with Crippen LogP contribution in [0.5, 0.6) is 0 Å². The van der Waals surface area contributed by atoms with Gasteiger partial charge in [0.05, 0.1) is 5.75 Å². The van der Waals surface area contributed by atoms with Gasteiger partial charge in [0.1, 0.15) is 0 Å². The van der Waals surface area contributed by atoms with Gasteiger partial charge < -0.3 is 14.0 Å². The number of ketones is 1. The van der Waals surface area contributed by atoms with Gasteiger partial charge in [0.15, 0.2) is 16.8 Å². The normalized spacial score (nSPS) is 13.6. The van der Waals surface area contributed by atoms with Gasteiger partial charge in [0.2, 0.25) is 0 Å². The molecule has 31 heavy (non-hydrogen) atoms. The standard InChI is InChI=1S/C24H31N5OS/c1-6-28(7-2)19-10-8-18(9-11-19)23-25-26-24(27(23)5)31-15-22(30)21-14-16(3)29(17(21)4)20-12-13-20/h8-11,14,20H,6-7,12-13,15H2,1-5H3. The lowest BCUT2D eigenvalue weighted by atomic mass is 10.2. The van der Waals surface area contributed by atoms with Crippen molar-refractivity contribution in [2.75, 3.05) is 23.7 Å². The molecule has 2 heterocycles. The van der Waals surface area contributed by atoms with E-state index in [2.05, 4.69) is 71.6 Å². The number of benzene rings is 1. The number of hydrogen-bond acceptors (Lipinski definition) is 5. The number of aryl methyl sites for hydroxylation is 1. The van der Waals surface area contributed by atoms with Crippen LogP contribution in [0.15, 0.2) is 35.5 Å². The molecule has 1 aliphatic rings. The summed E-state index contributed by atoms with van der Waals surface area (Å²) < 4.78 is 4.29. The van der Waals surface area contributed by atoms with E-state index in [1.807, 2.05) is 17.7 Å². The Morgan fingerprint density at radius 3 is 2.42 bits per heavy atom. The van der Waals surface area contributed by atoms with E-state index in [4.69, 9.17) is 0 Å². The minimum absolute atomic E-state index is 0.151. The van der Waals surface area contributed by atoms with Crippen LogP contribution in [0, 0.1) is 13.8 Å². The first-order valence-corrected chi connectivity index (χ1v) is 12.0. The molecule has 1 saturated carbocycles. The predicted molar refractivity (Wildman–Crippen MR) is 127 cm³/mol. The van der Waals surface area contributed by atoms with Crippen molar-refractivity contribution < 1.29 is 4.79 Å². The van der Waals surface area contributed by atoms with Gasteiger partial charge in [0, 0.05) is 54.4 Å². The van der Waals surface area contributed by atoms with Gasteiger partial charge in [0.25, 0.3) is 0 Å². The summed E-state index contributed by atoms with van der Waals surface area (Å²) in [6.07, 6.45) is 2.44. The highest BCUT2D eigenvalue weighted by molar-refractivity contribution is 7.99. The van der Waals surface area contributed by atoms with Crippen molar-refractivity contribution in [3.63, 3.8) is 0 Å². The third-order valence-electron chi connectivity index (χ3n) is 6.12. The molecule has 0 spiro atoms. The van der Waals surface area contributed by atoms with E-state index in [0.717, 1.165) is 40.9 Å². The van der Waals surface area contributed by atoms with Crippen molar-refractivity contribution in [2.45, 2.75) is 51.7 Å². The second kappa shape index (κ2) is 8.91. The lowest BCUT2D eigenvalue weighted by molar-refractivity contribution is 0.102.